The van der Waals surface area contributed by atoms with Gasteiger partial charge < -0.3 is 33.5 Å². The molecular weight excluding hydrogens is 624 g/mol. The summed E-state index contributed by atoms with van der Waals surface area (Å²) in [4.78, 5) is 35.4. The average molecular weight is 661 g/mol. The van der Waals surface area contributed by atoms with E-state index < -0.39 is 23.7 Å². The topological polar surface area (TPSA) is 136 Å². The van der Waals surface area contributed by atoms with Crippen molar-refractivity contribution in [3.05, 3.63) is 78.0 Å². The Bertz CT molecular complexity index is 2100. The van der Waals surface area contributed by atoms with Crippen molar-refractivity contribution < 1.29 is 28.5 Å². The Hall–Kier alpha value is -5.25. The lowest BCUT2D eigenvalue weighted by Crippen LogP contribution is -2.68. The van der Waals surface area contributed by atoms with E-state index >= 15 is 0 Å². The predicted octanol–water partition coefficient (Wildman–Crippen LogP) is 4.79. The number of aromatic nitrogens is 4. The summed E-state index contributed by atoms with van der Waals surface area (Å²) in [7, 11) is 0. The average Bonchev–Trinajstić information content (AvgIpc) is 3.69. The minimum absolute atomic E-state index is 0.0149. The van der Waals surface area contributed by atoms with Crippen molar-refractivity contribution >= 4 is 39.5 Å². The molecule has 0 aliphatic carbocycles. The molecule has 3 aliphatic heterocycles. The fraction of sp³-hybridized carbons (Fsp3) is 0.378. The summed E-state index contributed by atoms with van der Waals surface area (Å²) in [6, 6.07) is 12.5. The molecule has 0 radical (unpaired) electrons. The monoisotopic (exact) mass is 660 g/mol. The molecule has 0 saturated carbocycles. The minimum atomic E-state index is -0.969. The van der Waals surface area contributed by atoms with Crippen LogP contribution in [0.4, 0.5) is 11.5 Å². The molecule has 12 heteroatoms. The Balaban J connectivity index is 1.16. The van der Waals surface area contributed by atoms with Gasteiger partial charge in [-0.05, 0) is 37.3 Å². The molecule has 0 bridgehead atoms. The second kappa shape index (κ2) is 12.3. The van der Waals surface area contributed by atoms with Crippen molar-refractivity contribution in [1.82, 2.24) is 19.9 Å². The molecule has 0 unspecified atom stereocenters. The number of carboxylic acid groups (broad SMARTS) is 1. The molecule has 1 N–H and O–H groups in total. The van der Waals surface area contributed by atoms with Gasteiger partial charge in [-0.1, -0.05) is 37.8 Å². The van der Waals surface area contributed by atoms with Gasteiger partial charge in [0.1, 0.15) is 40.4 Å². The Morgan fingerprint density at radius 1 is 1.08 bits per heavy atom. The number of anilines is 2. The molecule has 7 heterocycles. The molecule has 0 amide bonds. The SMILES string of the molecule is CC(C)c1nc(N2C[C@@H](Oc3ncc(C#Cc4cccnc4)cc3N3CCOC4(COC4)[C@@H]3C)C[C@H]2C(=O)O)c2oc3ccccc3c2n1. The maximum absolute atomic E-state index is 12.8. The number of para-hydroxylation sites is 1. The molecule has 12 nitrogen and oxygen atoms in total. The van der Waals surface area contributed by atoms with Crippen LogP contribution in [0.25, 0.3) is 22.1 Å². The molecule has 3 atom stereocenters. The lowest BCUT2D eigenvalue weighted by Gasteiger charge is -2.53. The summed E-state index contributed by atoms with van der Waals surface area (Å²) in [6.45, 7) is 8.59. The van der Waals surface area contributed by atoms with Crippen LogP contribution >= 0.6 is 0 Å². The smallest absolute Gasteiger partial charge is 0.326 e. The fourth-order valence-corrected chi connectivity index (χ4v) is 6.84. The molecule has 1 spiro atoms. The van der Waals surface area contributed by atoms with E-state index in [2.05, 4.69) is 28.6 Å². The van der Waals surface area contributed by atoms with E-state index in [1.54, 1.807) is 23.5 Å². The number of furan rings is 1. The van der Waals surface area contributed by atoms with Crippen LogP contribution in [0.2, 0.25) is 0 Å². The highest BCUT2D eigenvalue weighted by Crippen LogP contribution is 2.41. The van der Waals surface area contributed by atoms with Crippen molar-refractivity contribution in [3.63, 3.8) is 0 Å². The van der Waals surface area contributed by atoms with E-state index in [4.69, 9.17) is 33.6 Å². The number of hydrogen-bond donors (Lipinski definition) is 1. The van der Waals surface area contributed by atoms with Crippen molar-refractivity contribution in [2.45, 2.75) is 56.9 Å². The summed E-state index contributed by atoms with van der Waals surface area (Å²) in [5.74, 6) is 6.90. The number of carboxylic acids is 1. The lowest BCUT2D eigenvalue weighted by molar-refractivity contribution is -0.228. The Morgan fingerprint density at radius 2 is 1.92 bits per heavy atom. The van der Waals surface area contributed by atoms with Crippen LogP contribution in [0, 0.1) is 11.8 Å². The van der Waals surface area contributed by atoms with Crippen LogP contribution in [-0.2, 0) is 14.3 Å². The van der Waals surface area contributed by atoms with Gasteiger partial charge in [0.25, 0.3) is 0 Å². The molecule has 1 aromatic carbocycles. The molecule has 49 heavy (non-hydrogen) atoms. The Kier molecular flexibility index (Phi) is 7.81. The highest BCUT2D eigenvalue weighted by Gasteiger charge is 2.50. The highest BCUT2D eigenvalue weighted by atomic mass is 16.6. The van der Waals surface area contributed by atoms with Crippen molar-refractivity contribution in [1.29, 1.82) is 0 Å². The van der Waals surface area contributed by atoms with Gasteiger partial charge in [0.2, 0.25) is 5.88 Å². The highest BCUT2D eigenvalue weighted by molar-refractivity contribution is 6.06. The summed E-state index contributed by atoms with van der Waals surface area (Å²) >= 11 is 0. The number of benzene rings is 1. The quantitative estimate of drug-likeness (QED) is 0.251. The van der Waals surface area contributed by atoms with Crippen molar-refractivity contribution in [2.75, 3.05) is 42.7 Å². The number of fused-ring (bicyclic) bond motifs is 3. The van der Waals surface area contributed by atoms with E-state index in [9.17, 15) is 9.90 Å². The predicted molar refractivity (Wildman–Crippen MR) is 182 cm³/mol. The molecule has 3 saturated heterocycles. The van der Waals surface area contributed by atoms with Crippen LogP contribution in [0.1, 0.15) is 50.1 Å². The second-order valence-corrected chi connectivity index (χ2v) is 13.1. The first kappa shape index (κ1) is 31.0. The summed E-state index contributed by atoms with van der Waals surface area (Å²) in [5.41, 5.74) is 3.67. The Labute approximate surface area is 283 Å². The van der Waals surface area contributed by atoms with Crippen LogP contribution < -0.4 is 14.5 Å². The van der Waals surface area contributed by atoms with Gasteiger partial charge in [-0.3, -0.25) is 4.98 Å². The third-order valence-corrected chi connectivity index (χ3v) is 9.63. The molecule has 3 aliphatic rings. The van der Waals surface area contributed by atoms with Gasteiger partial charge in [-0.2, -0.15) is 0 Å². The normalized spacial score (nSPS) is 21.6. The second-order valence-electron chi connectivity index (χ2n) is 13.1. The van der Waals surface area contributed by atoms with Gasteiger partial charge in [0, 0.05) is 54.0 Å². The van der Waals surface area contributed by atoms with Gasteiger partial charge >= 0.3 is 5.97 Å². The zero-order valence-corrected chi connectivity index (χ0v) is 27.5. The summed E-state index contributed by atoms with van der Waals surface area (Å²) in [5, 5.41) is 11.3. The van der Waals surface area contributed by atoms with E-state index in [1.807, 2.05) is 56.3 Å². The molecule has 250 valence electrons. The van der Waals surface area contributed by atoms with Crippen LogP contribution in [0.5, 0.6) is 5.88 Å². The first-order chi connectivity index (χ1) is 23.8. The minimum Gasteiger partial charge on any atom is -0.480 e. The maximum Gasteiger partial charge on any atom is 0.326 e. The van der Waals surface area contributed by atoms with E-state index in [0.717, 1.165) is 22.2 Å². The first-order valence-corrected chi connectivity index (χ1v) is 16.6. The number of rotatable bonds is 6. The zero-order chi connectivity index (χ0) is 33.7. The third kappa shape index (κ3) is 5.58. The van der Waals surface area contributed by atoms with Crippen LogP contribution in [0.3, 0.4) is 0 Å². The Morgan fingerprint density at radius 3 is 2.67 bits per heavy atom. The van der Waals surface area contributed by atoms with Gasteiger partial charge in [-0.25, -0.2) is 19.7 Å². The summed E-state index contributed by atoms with van der Waals surface area (Å²) < 4.78 is 24.7. The molecular formula is C37H36N6O6. The third-order valence-electron chi connectivity index (χ3n) is 9.63. The lowest BCUT2D eigenvalue weighted by atomic mass is 9.90. The number of nitrogens with zero attached hydrogens (tertiary/aromatic N) is 6. The number of hydrogen-bond acceptors (Lipinski definition) is 11. The molecule has 4 aromatic heterocycles. The number of aliphatic carboxylic acids is 1. The largest absolute Gasteiger partial charge is 0.480 e. The molecule has 5 aromatic rings. The maximum atomic E-state index is 12.8. The number of ether oxygens (including phenoxy) is 3. The number of pyridine rings is 2. The van der Waals surface area contributed by atoms with E-state index in [1.165, 1.54) is 0 Å². The number of carbonyl (C=O) groups is 1. The van der Waals surface area contributed by atoms with Crippen LogP contribution in [0.15, 0.2) is 65.5 Å². The van der Waals surface area contributed by atoms with Gasteiger partial charge in [-0.15, -0.1) is 0 Å². The fourth-order valence-electron chi connectivity index (χ4n) is 6.84. The first-order valence-electron chi connectivity index (χ1n) is 16.6. The van der Waals surface area contributed by atoms with Gasteiger partial charge in [0.05, 0.1) is 32.4 Å². The van der Waals surface area contributed by atoms with Gasteiger partial charge in [0.15, 0.2) is 11.4 Å². The van der Waals surface area contributed by atoms with Crippen LogP contribution in [-0.4, -0.2) is 87.7 Å². The number of morpholine rings is 1. The van der Waals surface area contributed by atoms with Crippen molar-refractivity contribution in [2.24, 2.45) is 0 Å². The molecule has 3 fully saturated rings. The van der Waals surface area contributed by atoms with E-state index in [0.29, 0.717) is 60.6 Å². The van der Waals surface area contributed by atoms with Crippen molar-refractivity contribution in [3.8, 4) is 17.7 Å². The summed E-state index contributed by atoms with van der Waals surface area (Å²) in [6.07, 6.45) is 4.83. The zero-order valence-electron chi connectivity index (χ0n) is 27.5. The van der Waals surface area contributed by atoms with E-state index in [-0.39, 0.29) is 24.9 Å². The standard InChI is InChI=1S/C37H36N6O6/c1-22(2)33-40-31-27-8-4-5-9-30(27)49-32(31)34(41-33)43-19-26(16-29(43)36(44)45)48-35-28(42-13-14-47-37(23(42)3)20-46-21-37)15-25(18-39-35)11-10-24-7-6-12-38-17-24/h4-9,12,15,17-18,22-23,26,29H,13-14,16,19-21H2,1-3H3,(H,44,45)/t23-,26-,29-/m0/s1. The molecule has 8 rings (SSSR count).